The van der Waals surface area contributed by atoms with Crippen LogP contribution in [0.4, 0.5) is 0 Å². The molecule has 2 heterocycles. The van der Waals surface area contributed by atoms with Crippen molar-refractivity contribution in [1.29, 1.82) is 0 Å². The first-order valence-electron chi connectivity index (χ1n) is 10.5. The van der Waals surface area contributed by atoms with Crippen LogP contribution in [0.15, 0.2) is 41.0 Å². The molecule has 160 valence electrons. The average molecular weight is 403 g/mol. The van der Waals surface area contributed by atoms with Crippen molar-refractivity contribution in [3.63, 3.8) is 0 Å². The Morgan fingerprint density at radius 2 is 2.03 bits per heavy atom. The number of hydrogen-bond donors (Lipinski definition) is 1. The standard InChI is InChI=1S/C23H34N2O4/c1-19-5-6-20(2)21(14-19)15-25(8-7-24-9-12-27-13-10-24)16-22(26)17-28-18-23-4-3-11-29-23/h3-6,11,14,22,26H,7-10,12-13,15-18H2,1-2H3/t22-/m1/s1. The molecule has 1 aliphatic heterocycles. The van der Waals surface area contributed by atoms with Gasteiger partial charge in [-0.3, -0.25) is 9.80 Å². The second kappa shape index (κ2) is 11.5. The second-order valence-electron chi connectivity index (χ2n) is 7.87. The number of aliphatic hydroxyl groups is 1. The largest absolute Gasteiger partial charge is 0.467 e. The molecule has 6 nitrogen and oxygen atoms in total. The van der Waals surface area contributed by atoms with Crippen molar-refractivity contribution in [2.75, 3.05) is 52.5 Å². The lowest BCUT2D eigenvalue weighted by Gasteiger charge is -2.31. The number of morpholine rings is 1. The predicted octanol–water partition coefficient (Wildman–Crippen LogP) is 2.61. The van der Waals surface area contributed by atoms with Crippen molar-refractivity contribution < 1.29 is 19.0 Å². The third-order valence-corrected chi connectivity index (χ3v) is 5.34. The number of aryl methyl sites for hydroxylation is 2. The molecule has 0 radical (unpaired) electrons. The van der Waals surface area contributed by atoms with Crippen LogP contribution in [-0.2, 0) is 22.6 Å². The van der Waals surface area contributed by atoms with Gasteiger partial charge in [0.2, 0.25) is 0 Å². The van der Waals surface area contributed by atoms with E-state index in [0.717, 1.165) is 51.7 Å². The van der Waals surface area contributed by atoms with E-state index in [0.29, 0.717) is 19.8 Å². The Morgan fingerprint density at radius 3 is 2.79 bits per heavy atom. The molecule has 1 aromatic carbocycles. The van der Waals surface area contributed by atoms with Crippen LogP contribution in [0.5, 0.6) is 0 Å². The molecule has 0 bridgehead atoms. The summed E-state index contributed by atoms with van der Waals surface area (Å²) in [5.74, 6) is 0.775. The molecule has 1 saturated heterocycles. The topological polar surface area (TPSA) is 58.3 Å². The Kier molecular flexibility index (Phi) is 8.70. The molecule has 0 aliphatic carbocycles. The van der Waals surface area contributed by atoms with Crippen molar-refractivity contribution in [1.82, 2.24) is 9.80 Å². The molecule has 1 N–H and O–H groups in total. The van der Waals surface area contributed by atoms with Crippen molar-refractivity contribution in [3.8, 4) is 0 Å². The lowest BCUT2D eigenvalue weighted by Crippen LogP contribution is -2.43. The normalized spacial score (nSPS) is 16.4. The maximum Gasteiger partial charge on any atom is 0.129 e. The summed E-state index contributed by atoms with van der Waals surface area (Å²) < 4.78 is 16.4. The molecule has 1 atom stereocenters. The highest BCUT2D eigenvalue weighted by Gasteiger charge is 2.17. The molecule has 0 saturated carbocycles. The predicted molar refractivity (Wildman–Crippen MR) is 113 cm³/mol. The third-order valence-electron chi connectivity index (χ3n) is 5.34. The maximum atomic E-state index is 10.6. The van der Waals surface area contributed by atoms with Crippen LogP contribution in [-0.4, -0.2) is 73.6 Å². The molecule has 2 aromatic rings. The Bertz CT molecular complexity index is 714. The average Bonchev–Trinajstić information content (AvgIpc) is 3.23. The Labute approximate surface area is 174 Å². The van der Waals surface area contributed by atoms with E-state index < -0.39 is 6.10 Å². The molecular weight excluding hydrogens is 368 g/mol. The van der Waals surface area contributed by atoms with Gasteiger partial charge in [0.1, 0.15) is 12.4 Å². The van der Waals surface area contributed by atoms with E-state index in [1.54, 1.807) is 6.26 Å². The molecule has 0 amide bonds. The molecule has 3 rings (SSSR count). The summed E-state index contributed by atoms with van der Waals surface area (Å²) in [7, 11) is 0. The zero-order chi connectivity index (χ0) is 20.5. The van der Waals surface area contributed by atoms with Gasteiger partial charge in [0.25, 0.3) is 0 Å². The highest BCUT2D eigenvalue weighted by molar-refractivity contribution is 5.30. The third kappa shape index (κ3) is 7.57. The summed E-state index contributed by atoms with van der Waals surface area (Å²) in [5.41, 5.74) is 3.87. The SMILES string of the molecule is Cc1ccc(C)c(CN(CCN2CCOCC2)C[C@@H](O)COCc2ccco2)c1. The van der Waals surface area contributed by atoms with Gasteiger partial charge in [-0.2, -0.15) is 0 Å². The van der Waals surface area contributed by atoms with Crippen LogP contribution in [0, 0.1) is 13.8 Å². The van der Waals surface area contributed by atoms with Crippen LogP contribution < -0.4 is 0 Å². The lowest BCUT2D eigenvalue weighted by molar-refractivity contribution is -0.00155. The van der Waals surface area contributed by atoms with Gasteiger partial charge in [-0.25, -0.2) is 0 Å². The number of furan rings is 1. The highest BCUT2D eigenvalue weighted by atomic mass is 16.5. The molecule has 0 spiro atoms. The van der Waals surface area contributed by atoms with Gasteiger partial charge in [0.15, 0.2) is 0 Å². The summed E-state index contributed by atoms with van der Waals surface area (Å²) in [6, 6.07) is 10.3. The number of ether oxygens (including phenoxy) is 2. The van der Waals surface area contributed by atoms with Gasteiger partial charge in [-0.05, 0) is 37.1 Å². The van der Waals surface area contributed by atoms with E-state index in [-0.39, 0.29) is 0 Å². The van der Waals surface area contributed by atoms with Crippen molar-refractivity contribution >= 4 is 0 Å². The van der Waals surface area contributed by atoms with E-state index >= 15 is 0 Å². The van der Waals surface area contributed by atoms with E-state index in [2.05, 4.69) is 41.8 Å². The molecule has 1 aliphatic rings. The zero-order valence-corrected chi connectivity index (χ0v) is 17.7. The van der Waals surface area contributed by atoms with E-state index in [1.807, 2.05) is 12.1 Å². The fraction of sp³-hybridized carbons (Fsp3) is 0.565. The molecular formula is C23H34N2O4. The fourth-order valence-corrected chi connectivity index (χ4v) is 3.60. The minimum absolute atomic E-state index is 0.293. The van der Waals surface area contributed by atoms with E-state index in [4.69, 9.17) is 13.9 Å². The summed E-state index contributed by atoms with van der Waals surface area (Å²) in [6.07, 6.45) is 1.09. The number of hydrogen-bond acceptors (Lipinski definition) is 6. The van der Waals surface area contributed by atoms with Crippen molar-refractivity contribution in [2.24, 2.45) is 0 Å². The van der Waals surface area contributed by atoms with E-state index in [9.17, 15) is 5.11 Å². The van der Waals surface area contributed by atoms with Gasteiger partial charge in [-0.15, -0.1) is 0 Å². The number of aliphatic hydroxyl groups excluding tert-OH is 1. The maximum absolute atomic E-state index is 10.6. The number of nitrogens with zero attached hydrogens (tertiary/aromatic N) is 2. The smallest absolute Gasteiger partial charge is 0.129 e. The molecule has 29 heavy (non-hydrogen) atoms. The fourth-order valence-electron chi connectivity index (χ4n) is 3.60. The Hall–Kier alpha value is -1.70. The van der Waals surface area contributed by atoms with Gasteiger partial charge < -0.3 is 19.0 Å². The van der Waals surface area contributed by atoms with Crippen molar-refractivity contribution in [3.05, 3.63) is 59.0 Å². The summed E-state index contributed by atoms with van der Waals surface area (Å²) in [5, 5.41) is 10.6. The quantitative estimate of drug-likeness (QED) is 0.624. The first-order valence-corrected chi connectivity index (χ1v) is 10.5. The minimum atomic E-state index is -0.542. The number of benzene rings is 1. The Morgan fingerprint density at radius 1 is 1.21 bits per heavy atom. The Balaban J connectivity index is 1.54. The molecule has 6 heteroatoms. The summed E-state index contributed by atoms with van der Waals surface area (Å²) >= 11 is 0. The molecule has 1 fully saturated rings. The first-order chi connectivity index (χ1) is 14.1. The summed E-state index contributed by atoms with van der Waals surface area (Å²) in [4.78, 5) is 4.76. The van der Waals surface area contributed by atoms with Crippen LogP contribution in [0.25, 0.3) is 0 Å². The first kappa shape index (κ1) is 22.0. The monoisotopic (exact) mass is 402 g/mol. The van der Waals surface area contributed by atoms with Gasteiger partial charge in [0.05, 0.1) is 32.2 Å². The van der Waals surface area contributed by atoms with Crippen LogP contribution in [0.3, 0.4) is 0 Å². The van der Waals surface area contributed by atoms with Crippen LogP contribution in [0.2, 0.25) is 0 Å². The number of rotatable bonds is 11. The summed E-state index contributed by atoms with van der Waals surface area (Å²) in [6.45, 7) is 11.8. The van der Waals surface area contributed by atoms with Gasteiger partial charge in [-0.1, -0.05) is 23.8 Å². The van der Waals surface area contributed by atoms with Crippen LogP contribution >= 0.6 is 0 Å². The van der Waals surface area contributed by atoms with Gasteiger partial charge in [0, 0.05) is 39.3 Å². The zero-order valence-electron chi connectivity index (χ0n) is 17.7. The minimum Gasteiger partial charge on any atom is -0.467 e. The molecule has 0 unspecified atom stereocenters. The van der Waals surface area contributed by atoms with E-state index in [1.165, 1.54) is 16.7 Å². The van der Waals surface area contributed by atoms with Crippen molar-refractivity contribution in [2.45, 2.75) is 33.1 Å². The van der Waals surface area contributed by atoms with Crippen LogP contribution in [0.1, 0.15) is 22.5 Å². The second-order valence-corrected chi connectivity index (χ2v) is 7.87. The lowest BCUT2D eigenvalue weighted by atomic mass is 10.0. The van der Waals surface area contributed by atoms with Gasteiger partial charge >= 0.3 is 0 Å². The highest BCUT2D eigenvalue weighted by Crippen LogP contribution is 2.14. The molecule has 1 aromatic heterocycles.